The molecule has 0 aromatic heterocycles. The van der Waals surface area contributed by atoms with Crippen LogP contribution >= 0.6 is 0 Å². The molecule has 4 bridgehead atoms. The zero-order valence-corrected chi connectivity index (χ0v) is 8.37. The van der Waals surface area contributed by atoms with E-state index in [2.05, 4.69) is 0 Å². The van der Waals surface area contributed by atoms with E-state index >= 15 is 0 Å². The van der Waals surface area contributed by atoms with Crippen LogP contribution in [0.3, 0.4) is 0 Å². The molecule has 1 saturated heterocycles. The quantitative estimate of drug-likeness (QED) is 0.610. The Morgan fingerprint density at radius 3 is 2.07 bits per heavy atom. The third kappa shape index (κ3) is 0.413. The fraction of sp³-hybridized carbons (Fsp3) is 1.00. The van der Waals surface area contributed by atoms with Crippen molar-refractivity contribution in [3.63, 3.8) is 0 Å². The molecule has 1 aliphatic heterocycles. The minimum atomic E-state index is -0.215. The second-order valence-corrected chi connectivity index (χ2v) is 6.42. The predicted molar refractivity (Wildman–Crippen MR) is 48.6 cm³/mol. The lowest BCUT2D eigenvalue weighted by atomic mass is 9.41. The summed E-state index contributed by atoms with van der Waals surface area (Å²) in [6.45, 7) is 1.55. The zero-order valence-electron chi connectivity index (χ0n) is 8.37. The van der Waals surface area contributed by atoms with Gasteiger partial charge in [-0.3, -0.25) is 0 Å². The maximum absolute atomic E-state index is 10.3. The highest BCUT2D eigenvalue weighted by atomic mass is 16.7. The first-order valence-corrected chi connectivity index (χ1v) is 6.32. The van der Waals surface area contributed by atoms with E-state index < -0.39 is 0 Å². The van der Waals surface area contributed by atoms with Gasteiger partial charge in [-0.25, -0.2) is 0 Å². The molecule has 1 heterocycles. The summed E-state index contributed by atoms with van der Waals surface area (Å²) in [5, 5.41) is 10.3. The molecule has 1 N–H and O–H groups in total. The van der Waals surface area contributed by atoms with Crippen LogP contribution in [0.1, 0.15) is 0 Å². The molecule has 7 rings (SSSR count). The van der Waals surface area contributed by atoms with Crippen molar-refractivity contribution in [2.45, 2.75) is 11.9 Å². The molecule has 0 aromatic carbocycles. The summed E-state index contributed by atoms with van der Waals surface area (Å²) >= 11 is 0. The topological polar surface area (TPSA) is 38.7 Å². The van der Waals surface area contributed by atoms with Gasteiger partial charge in [-0.05, 0) is 35.5 Å². The van der Waals surface area contributed by atoms with Gasteiger partial charge in [0.2, 0.25) is 0 Å². The van der Waals surface area contributed by atoms with Crippen LogP contribution in [0.4, 0.5) is 0 Å². The van der Waals surface area contributed by atoms with E-state index in [-0.39, 0.29) is 11.9 Å². The standard InChI is InChI=1S/C12H14O3/c13-11-7-3-4-6(7)10-8(11)5(3)9(4)12(10)14-1-2-15-12/h3-11,13H,1-2H2/t3-,4+,5-,6+,7-,8-,9+,10+,11+/m1/s1. The van der Waals surface area contributed by atoms with Crippen LogP contribution in [0, 0.1) is 47.3 Å². The number of hydrogen-bond donors (Lipinski definition) is 1. The highest BCUT2D eigenvalue weighted by Gasteiger charge is 2.94. The number of rotatable bonds is 0. The maximum Gasteiger partial charge on any atom is 0.175 e. The van der Waals surface area contributed by atoms with Crippen molar-refractivity contribution in [3.05, 3.63) is 0 Å². The summed E-state index contributed by atoms with van der Waals surface area (Å²) in [7, 11) is 0. The Kier molecular flexibility index (Phi) is 0.819. The smallest absolute Gasteiger partial charge is 0.175 e. The van der Waals surface area contributed by atoms with Gasteiger partial charge in [0.15, 0.2) is 5.79 Å². The first-order valence-electron chi connectivity index (χ1n) is 6.32. The Morgan fingerprint density at radius 1 is 0.800 bits per heavy atom. The van der Waals surface area contributed by atoms with Crippen molar-refractivity contribution < 1.29 is 14.6 Å². The number of aliphatic hydroxyl groups excluding tert-OH is 1. The third-order valence-corrected chi connectivity index (χ3v) is 6.78. The van der Waals surface area contributed by atoms with Crippen LogP contribution in [-0.2, 0) is 9.47 Å². The van der Waals surface area contributed by atoms with Gasteiger partial charge in [0.05, 0.1) is 19.3 Å². The van der Waals surface area contributed by atoms with Crippen molar-refractivity contribution in [1.82, 2.24) is 0 Å². The van der Waals surface area contributed by atoms with Gasteiger partial charge in [0.25, 0.3) is 0 Å². The maximum atomic E-state index is 10.3. The molecule has 3 nitrogen and oxygen atoms in total. The molecule has 0 radical (unpaired) electrons. The lowest BCUT2D eigenvalue weighted by Gasteiger charge is -2.62. The normalized spacial score (nSPS) is 77.8. The molecule has 6 saturated carbocycles. The van der Waals surface area contributed by atoms with Crippen LogP contribution in [0.25, 0.3) is 0 Å². The molecule has 15 heavy (non-hydrogen) atoms. The third-order valence-electron chi connectivity index (χ3n) is 6.78. The van der Waals surface area contributed by atoms with Gasteiger partial charge in [0.1, 0.15) is 0 Å². The molecule has 0 aromatic rings. The van der Waals surface area contributed by atoms with Crippen molar-refractivity contribution in [1.29, 1.82) is 0 Å². The minimum Gasteiger partial charge on any atom is -0.393 e. The Labute approximate surface area is 87.7 Å². The van der Waals surface area contributed by atoms with Gasteiger partial charge in [-0.2, -0.15) is 0 Å². The molecule has 0 amide bonds. The van der Waals surface area contributed by atoms with Crippen molar-refractivity contribution >= 4 is 0 Å². The van der Waals surface area contributed by atoms with Crippen molar-refractivity contribution in [3.8, 4) is 0 Å². The van der Waals surface area contributed by atoms with E-state index in [1.807, 2.05) is 0 Å². The van der Waals surface area contributed by atoms with Crippen LogP contribution in [-0.4, -0.2) is 30.2 Å². The van der Waals surface area contributed by atoms with Gasteiger partial charge in [-0.1, -0.05) is 0 Å². The summed E-state index contributed by atoms with van der Waals surface area (Å²) in [4.78, 5) is 0. The number of hydrogen-bond acceptors (Lipinski definition) is 3. The fourth-order valence-electron chi connectivity index (χ4n) is 6.97. The highest BCUT2D eigenvalue weighted by molar-refractivity contribution is 5.39. The fourth-order valence-corrected chi connectivity index (χ4v) is 6.97. The van der Waals surface area contributed by atoms with E-state index in [4.69, 9.17) is 9.47 Å². The van der Waals surface area contributed by atoms with Crippen molar-refractivity contribution in [2.24, 2.45) is 47.3 Å². The predicted octanol–water partition coefficient (Wildman–Crippen LogP) is 0.0880. The molecule has 7 fully saturated rings. The monoisotopic (exact) mass is 206 g/mol. The van der Waals surface area contributed by atoms with Gasteiger partial charge < -0.3 is 14.6 Å². The molecule has 80 valence electrons. The Bertz CT molecular complexity index is 386. The SMILES string of the molecule is O[C@H]1[C@@H]2[C@H]3[C@@H]4[C@@H]1[C@@H]1[C@H]2[C@H]3[C@@H]4C12OCCO2. The zero-order chi connectivity index (χ0) is 9.52. The van der Waals surface area contributed by atoms with Crippen LogP contribution in [0.15, 0.2) is 0 Å². The number of aliphatic hydroxyl groups is 1. The van der Waals surface area contributed by atoms with Gasteiger partial charge in [0, 0.05) is 11.8 Å². The molecule has 7 aliphatic rings. The summed E-state index contributed by atoms with van der Waals surface area (Å²) < 4.78 is 12.0. The largest absolute Gasteiger partial charge is 0.393 e. The van der Waals surface area contributed by atoms with Crippen LogP contribution in [0.2, 0.25) is 0 Å². The minimum absolute atomic E-state index is 0.0107. The summed E-state index contributed by atoms with van der Waals surface area (Å²) in [5.74, 6) is 5.46. The summed E-state index contributed by atoms with van der Waals surface area (Å²) in [6.07, 6.45) is -0.0107. The molecule has 1 spiro atoms. The molecule has 3 heteroatoms. The van der Waals surface area contributed by atoms with Gasteiger partial charge in [-0.15, -0.1) is 0 Å². The first kappa shape index (κ1) is 7.25. The van der Waals surface area contributed by atoms with E-state index in [0.29, 0.717) is 23.7 Å². The van der Waals surface area contributed by atoms with E-state index in [9.17, 15) is 5.11 Å². The summed E-state index contributed by atoms with van der Waals surface area (Å²) in [6, 6.07) is 0. The lowest BCUT2D eigenvalue weighted by Crippen LogP contribution is -2.61. The average molecular weight is 206 g/mol. The van der Waals surface area contributed by atoms with Crippen LogP contribution < -0.4 is 0 Å². The highest BCUT2D eigenvalue weighted by Crippen LogP contribution is 2.91. The number of ether oxygens (including phenoxy) is 2. The lowest BCUT2D eigenvalue weighted by molar-refractivity contribution is -0.229. The Hall–Kier alpha value is -0.120. The second kappa shape index (κ2) is 1.69. The molecule has 9 atom stereocenters. The molecular formula is C12H14O3. The first-order chi connectivity index (χ1) is 7.36. The second-order valence-electron chi connectivity index (χ2n) is 6.42. The Balaban J connectivity index is 1.63. The van der Waals surface area contributed by atoms with E-state index in [1.165, 1.54) is 0 Å². The van der Waals surface area contributed by atoms with Crippen molar-refractivity contribution in [2.75, 3.05) is 13.2 Å². The van der Waals surface area contributed by atoms with E-state index in [1.54, 1.807) is 0 Å². The van der Waals surface area contributed by atoms with Crippen LogP contribution in [0.5, 0.6) is 0 Å². The molecular weight excluding hydrogens is 192 g/mol. The average Bonchev–Trinajstić information content (AvgIpc) is 2.87. The summed E-state index contributed by atoms with van der Waals surface area (Å²) in [5.41, 5.74) is 0. The van der Waals surface area contributed by atoms with Gasteiger partial charge >= 0.3 is 0 Å². The Morgan fingerprint density at radius 2 is 1.40 bits per heavy atom. The molecule has 0 unspecified atom stereocenters. The van der Waals surface area contributed by atoms with E-state index in [0.717, 1.165) is 36.9 Å². The molecule has 6 aliphatic carbocycles.